The first kappa shape index (κ1) is 9.56. The molecular formula is C10H15NS2. The minimum Gasteiger partial charge on any atom is -0.330 e. The van der Waals surface area contributed by atoms with Gasteiger partial charge < -0.3 is 5.73 Å². The number of thiophene rings is 1. The Labute approximate surface area is 87.7 Å². The van der Waals surface area contributed by atoms with Crippen LogP contribution in [-0.4, -0.2) is 12.3 Å². The lowest BCUT2D eigenvalue weighted by Gasteiger charge is -2.12. The number of hydrogen-bond acceptors (Lipinski definition) is 3. The van der Waals surface area contributed by atoms with E-state index in [2.05, 4.69) is 17.1 Å². The zero-order chi connectivity index (χ0) is 9.10. The Bertz CT molecular complexity index is 280. The van der Waals surface area contributed by atoms with E-state index in [4.69, 9.17) is 5.73 Å². The lowest BCUT2D eigenvalue weighted by atomic mass is 10.1. The summed E-state index contributed by atoms with van der Waals surface area (Å²) in [6.07, 6.45) is 3.62. The predicted molar refractivity (Wildman–Crippen MR) is 61.6 cm³/mol. The lowest BCUT2D eigenvalue weighted by Crippen LogP contribution is -2.04. The third kappa shape index (κ3) is 2.09. The van der Waals surface area contributed by atoms with Crippen molar-refractivity contribution in [1.29, 1.82) is 0 Å². The monoisotopic (exact) mass is 213 g/mol. The second-order valence-electron chi connectivity index (χ2n) is 3.36. The van der Waals surface area contributed by atoms with Crippen molar-refractivity contribution in [3.05, 3.63) is 21.4 Å². The maximum absolute atomic E-state index is 5.52. The quantitative estimate of drug-likeness (QED) is 0.834. The van der Waals surface area contributed by atoms with Crippen LogP contribution in [0, 0.1) is 0 Å². The van der Waals surface area contributed by atoms with E-state index in [-0.39, 0.29) is 0 Å². The Morgan fingerprint density at radius 2 is 2.38 bits per heavy atom. The SMILES string of the molecule is NCCCc1scc2c1CCSC2. The predicted octanol–water partition coefficient (Wildman–Crippen LogP) is 2.43. The molecule has 72 valence electrons. The largest absolute Gasteiger partial charge is 0.330 e. The number of aryl methyl sites for hydroxylation is 1. The minimum atomic E-state index is 0.821. The summed E-state index contributed by atoms with van der Waals surface area (Å²) in [5.74, 6) is 2.54. The summed E-state index contributed by atoms with van der Waals surface area (Å²) in [5.41, 5.74) is 8.76. The van der Waals surface area contributed by atoms with E-state index in [0.29, 0.717) is 0 Å². The van der Waals surface area contributed by atoms with Crippen LogP contribution in [0.5, 0.6) is 0 Å². The van der Waals surface area contributed by atoms with E-state index in [9.17, 15) is 0 Å². The highest BCUT2D eigenvalue weighted by Gasteiger charge is 2.14. The molecule has 0 radical (unpaired) electrons. The normalized spacial score (nSPS) is 15.8. The third-order valence-corrected chi connectivity index (χ3v) is 4.57. The number of thioether (sulfide) groups is 1. The van der Waals surface area contributed by atoms with Crippen LogP contribution in [-0.2, 0) is 18.6 Å². The van der Waals surface area contributed by atoms with Crippen LogP contribution in [0.1, 0.15) is 22.4 Å². The Kier molecular flexibility index (Phi) is 3.30. The van der Waals surface area contributed by atoms with Gasteiger partial charge in [0, 0.05) is 10.6 Å². The topological polar surface area (TPSA) is 26.0 Å². The van der Waals surface area contributed by atoms with E-state index in [0.717, 1.165) is 13.0 Å². The highest BCUT2D eigenvalue weighted by molar-refractivity contribution is 7.98. The standard InChI is InChI=1S/C10H15NS2/c11-4-1-2-10-9-3-5-12-6-8(9)7-13-10/h7H,1-6,11H2. The summed E-state index contributed by atoms with van der Waals surface area (Å²) in [6, 6.07) is 0. The molecular weight excluding hydrogens is 198 g/mol. The van der Waals surface area contributed by atoms with Crippen molar-refractivity contribution < 1.29 is 0 Å². The van der Waals surface area contributed by atoms with Crippen molar-refractivity contribution in [3.63, 3.8) is 0 Å². The van der Waals surface area contributed by atoms with Crippen molar-refractivity contribution in [2.75, 3.05) is 12.3 Å². The number of rotatable bonds is 3. The van der Waals surface area contributed by atoms with Crippen molar-refractivity contribution in [2.45, 2.75) is 25.0 Å². The molecule has 2 N–H and O–H groups in total. The summed E-state index contributed by atoms with van der Waals surface area (Å²) >= 11 is 3.99. The second-order valence-corrected chi connectivity index (χ2v) is 5.43. The average Bonchev–Trinajstić information content (AvgIpc) is 2.58. The first-order valence-corrected chi connectivity index (χ1v) is 6.81. The van der Waals surface area contributed by atoms with Gasteiger partial charge in [0.25, 0.3) is 0 Å². The molecule has 0 spiro atoms. The van der Waals surface area contributed by atoms with Crippen LogP contribution in [0.2, 0.25) is 0 Å². The summed E-state index contributed by atoms with van der Waals surface area (Å²) in [5, 5.41) is 2.34. The van der Waals surface area contributed by atoms with Gasteiger partial charge in [-0.2, -0.15) is 11.8 Å². The van der Waals surface area contributed by atoms with E-state index < -0.39 is 0 Å². The molecule has 0 saturated carbocycles. The summed E-state index contributed by atoms with van der Waals surface area (Å²) < 4.78 is 0. The molecule has 1 aromatic heterocycles. The highest BCUT2D eigenvalue weighted by atomic mass is 32.2. The maximum atomic E-state index is 5.52. The first-order valence-electron chi connectivity index (χ1n) is 4.77. The molecule has 0 amide bonds. The van der Waals surface area contributed by atoms with Crippen molar-refractivity contribution in [2.24, 2.45) is 5.73 Å². The van der Waals surface area contributed by atoms with Crippen LogP contribution in [0.3, 0.4) is 0 Å². The highest BCUT2D eigenvalue weighted by Crippen LogP contribution is 2.32. The summed E-state index contributed by atoms with van der Waals surface area (Å²) in [6.45, 7) is 0.821. The lowest BCUT2D eigenvalue weighted by molar-refractivity contribution is 0.833. The Morgan fingerprint density at radius 3 is 3.23 bits per heavy atom. The molecule has 1 aliphatic rings. The van der Waals surface area contributed by atoms with Gasteiger partial charge in [-0.15, -0.1) is 11.3 Å². The molecule has 3 heteroatoms. The van der Waals surface area contributed by atoms with Gasteiger partial charge in [0.05, 0.1) is 0 Å². The first-order chi connectivity index (χ1) is 6.42. The summed E-state index contributed by atoms with van der Waals surface area (Å²) in [7, 11) is 0. The zero-order valence-corrected chi connectivity index (χ0v) is 9.35. The van der Waals surface area contributed by atoms with E-state index >= 15 is 0 Å². The van der Waals surface area contributed by atoms with Crippen molar-refractivity contribution in [1.82, 2.24) is 0 Å². The number of hydrogen-bond donors (Lipinski definition) is 1. The molecule has 0 aliphatic carbocycles. The summed E-state index contributed by atoms with van der Waals surface area (Å²) in [4.78, 5) is 1.60. The van der Waals surface area contributed by atoms with Crippen molar-refractivity contribution >= 4 is 23.1 Å². The molecule has 1 aliphatic heterocycles. The third-order valence-electron chi connectivity index (χ3n) is 2.43. The molecule has 0 saturated heterocycles. The smallest absolute Gasteiger partial charge is 0.0195 e. The van der Waals surface area contributed by atoms with Crippen LogP contribution in [0.4, 0.5) is 0 Å². The second kappa shape index (κ2) is 4.49. The molecule has 1 aromatic rings. The molecule has 0 aromatic carbocycles. The molecule has 2 heterocycles. The van der Waals surface area contributed by atoms with Gasteiger partial charge >= 0.3 is 0 Å². The Morgan fingerprint density at radius 1 is 1.46 bits per heavy atom. The fraction of sp³-hybridized carbons (Fsp3) is 0.600. The molecule has 2 rings (SSSR count). The fourth-order valence-electron chi connectivity index (χ4n) is 1.71. The average molecular weight is 213 g/mol. The number of nitrogens with two attached hydrogens (primary N) is 1. The molecule has 13 heavy (non-hydrogen) atoms. The van der Waals surface area contributed by atoms with Crippen LogP contribution < -0.4 is 5.73 Å². The van der Waals surface area contributed by atoms with Crippen LogP contribution in [0.25, 0.3) is 0 Å². The van der Waals surface area contributed by atoms with Gasteiger partial charge in [-0.3, -0.25) is 0 Å². The van der Waals surface area contributed by atoms with E-state index in [1.165, 1.54) is 24.3 Å². The molecule has 0 fully saturated rings. The van der Waals surface area contributed by atoms with Gasteiger partial charge in [-0.05, 0) is 48.1 Å². The Hall–Kier alpha value is 0.01000. The molecule has 0 unspecified atom stereocenters. The van der Waals surface area contributed by atoms with Gasteiger partial charge in [0.1, 0.15) is 0 Å². The molecule has 0 bridgehead atoms. The Balaban J connectivity index is 2.12. The molecule has 0 atom stereocenters. The zero-order valence-electron chi connectivity index (χ0n) is 7.71. The fourth-order valence-corrected chi connectivity index (χ4v) is 3.94. The van der Waals surface area contributed by atoms with Gasteiger partial charge in [-0.25, -0.2) is 0 Å². The number of fused-ring (bicyclic) bond motifs is 1. The van der Waals surface area contributed by atoms with Crippen molar-refractivity contribution in [3.8, 4) is 0 Å². The molecule has 1 nitrogen and oxygen atoms in total. The van der Waals surface area contributed by atoms with E-state index in [1.54, 1.807) is 16.0 Å². The van der Waals surface area contributed by atoms with Crippen LogP contribution in [0.15, 0.2) is 5.38 Å². The van der Waals surface area contributed by atoms with Gasteiger partial charge in [0.2, 0.25) is 0 Å². The van der Waals surface area contributed by atoms with Crippen LogP contribution >= 0.6 is 23.1 Å². The maximum Gasteiger partial charge on any atom is 0.0195 e. The van der Waals surface area contributed by atoms with E-state index in [1.807, 2.05) is 11.3 Å². The minimum absolute atomic E-state index is 0.821. The van der Waals surface area contributed by atoms with Gasteiger partial charge in [0.15, 0.2) is 0 Å². The van der Waals surface area contributed by atoms with Gasteiger partial charge in [-0.1, -0.05) is 0 Å².